The lowest BCUT2D eigenvalue weighted by atomic mass is 10.1. The number of rotatable bonds is 3. The van der Waals surface area contributed by atoms with Crippen LogP contribution in [0.5, 0.6) is 0 Å². The SMILES string of the molecule is CCOC(=O)N1CCN(C(=O)c2ccc(C(=O)NC(C)(C)C)cc2)CC1. The van der Waals surface area contributed by atoms with Crippen molar-refractivity contribution in [3.63, 3.8) is 0 Å². The maximum absolute atomic E-state index is 12.6. The average Bonchev–Trinajstić information content (AvgIpc) is 2.60. The second-order valence-corrected chi connectivity index (χ2v) is 7.26. The van der Waals surface area contributed by atoms with Gasteiger partial charge in [0, 0.05) is 42.8 Å². The number of ether oxygens (including phenoxy) is 1. The molecule has 0 spiro atoms. The molecule has 1 aromatic rings. The van der Waals surface area contributed by atoms with Crippen molar-refractivity contribution in [3.05, 3.63) is 35.4 Å². The Balaban J connectivity index is 1.94. The van der Waals surface area contributed by atoms with E-state index < -0.39 is 0 Å². The lowest BCUT2D eigenvalue weighted by Gasteiger charge is -2.34. The minimum atomic E-state index is -0.339. The summed E-state index contributed by atoms with van der Waals surface area (Å²) in [5, 5.41) is 2.89. The molecule has 0 saturated carbocycles. The van der Waals surface area contributed by atoms with Crippen molar-refractivity contribution < 1.29 is 19.1 Å². The summed E-state index contributed by atoms with van der Waals surface area (Å²) in [6, 6.07) is 6.64. The Morgan fingerprint density at radius 1 is 0.962 bits per heavy atom. The largest absolute Gasteiger partial charge is 0.450 e. The van der Waals surface area contributed by atoms with Crippen LogP contribution in [0.2, 0.25) is 0 Å². The van der Waals surface area contributed by atoms with E-state index in [1.807, 2.05) is 20.8 Å². The molecule has 0 atom stereocenters. The maximum Gasteiger partial charge on any atom is 0.409 e. The zero-order valence-electron chi connectivity index (χ0n) is 15.9. The predicted molar refractivity (Wildman–Crippen MR) is 98.2 cm³/mol. The van der Waals surface area contributed by atoms with Gasteiger partial charge >= 0.3 is 6.09 Å². The lowest BCUT2D eigenvalue weighted by molar-refractivity contribution is 0.0570. The molecule has 142 valence electrons. The van der Waals surface area contributed by atoms with Gasteiger partial charge in [0.1, 0.15) is 0 Å². The molecule has 7 nitrogen and oxygen atoms in total. The van der Waals surface area contributed by atoms with Gasteiger partial charge in [-0.15, -0.1) is 0 Å². The number of hydrogen-bond donors (Lipinski definition) is 1. The third kappa shape index (κ3) is 5.21. The van der Waals surface area contributed by atoms with E-state index in [1.54, 1.807) is 41.0 Å². The number of hydrogen-bond acceptors (Lipinski definition) is 4. The van der Waals surface area contributed by atoms with Crippen LogP contribution in [0, 0.1) is 0 Å². The lowest BCUT2D eigenvalue weighted by Crippen LogP contribution is -2.50. The molecule has 7 heteroatoms. The van der Waals surface area contributed by atoms with E-state index in [4.69, 9.17) is 4.74 Å². The highest BCUT2D eigenvalue weighted by atomic mass is 16.6. The molecule has 0 bridgehead atoms. The first-order chi connectivity index (χ1) is 12.2. The van der Waals surface area contributed by atoms with Crippen LogP contribution in [0.4, 0.5) is 4.79 Å². The Labute approximate surface area is 154 Å². The topological polar surface area (TPSA) is 79.0 Å². The highest BCUT2D eigenvalue weighted by molar-refractivity contribution is 5.98. The Hall–Kier alpha value is -2.57. The predicted octanol–water partition coefficient (Wildman–Crippen LogP) is 2.13. The van der Waals surface area contributed by atoms with Crippen LogP contribution in [0.15, 0.2) is 24.3 Å². The van der Waals surface area contributed by atoms with Gasteiger partial charge in [-0.3, -0.25) is 9.59 Å². The van der Waals surface area contributed by atoms with Crippen molar-refractivity contribution in [1.29, 1.82) is 0 Å². The monoisotopic (exact) mass is 361 g/mol. The number of nitrogens with zero attached hydrogens (tertiary/aromatic N) is 2. The van der Waals surface area contributed by atoms with Crippen LogP contribution in [0.3, 0.4) is 0 Å². The van der Waals surface area contributed by atoms with E-state index in [2.05, 4.69) is 5.32 Å². The van der Waals surface area contributed by atoms with Gasteiger partial charge in [0.15, 0.2) is 0 Å². The van der Waals surface area contributed by atoms with Gasteiger partial charge in [-0.2, -0.15) is 0 Å². The summed E-state index contributed by atoms with van der Waals surface area (Å²) in [6.45, 7) is 9.69. The van der Waals surface area contributed by atoms with Crippen molar-refractivity contribution in [2.45, 2.75) is 33.2 Å². The van der Waals surface area contributed by atoms with E-state index >= 15 is 0 Å². The van der Waals surface area contributed by atoms with E-state index in [-0.39, 0.29) is 23.4 Å². The van der Waals surface area contributed by atoms with Crippen molar-refractivity contribution in [2.24, 2.45) is 0 Å². The van der Waals surface area contributed by atoms with Gasteiger partial charge in [-0.25, -0.2) is 4.79 Å². The second-order valence-electron chi connectivity index (χ2n) is 7.26. The molecule has 0 aromatic heterocycles. The number of carbonyl (C=O) groups excluding carboxylic acids is 3. The Morgan fingerprint density at radius 2 is 1.46 bits per heavy atom. The zero-order chi connectivity index (χ0) is 19.3. The maximum atomic E-state index is 12.6. The second kappa shape index (κ2) is 8.21. The normalized spacial score (nSPS) is 14.8. The van der Waals surface area contributed by atoms with Gasteiger partial charge in [0.2, 0.25) is 0 Å². The Bertz CT molecular complexity index is 656. The van der Waals surface area contributed by atoms with Crippen LogP contribution in [-0.2, 0) is 4.74 Å². The molecule has 1 saturated heterocycles. The molecule has 0 radical (unpaired) electrons. The third-order valence-corrected chi connectivity index (χ3v) is 3.98. The van der Waals surface area contributed by atoms with E-state index in [9.17, 15) is 14.4 Å². The van der Waals surface area contributed by atoms with Crippen molar-refractivity contribution in [2.75, 3.05) is 32.8 Å². The smallest absolute Gasteiger partial charge is 0.409 e. The van der Waals surface area contributed by atoms with Crippen LogP contribution in [0.1, 0.15) is 48.4 Å². The van der Waals surface area contributed by atoms with E-state index in [0.717, 1.165) is 0 Å². The number of benzene rings is 1. The number of nitrogens with one attached hydrogen (secondary N) is 1. The fraction of sp³-hybridized carbons (Fsp3) is 0.526. The molecular formula is C19H27N3O4. The van der Waals surface area contributed by atoms with Gasteiger partial charge in [-0.05, 0) is 52.0 Å². The van der Waals surface area contributed by atoms with Gasteiger partial charge in [-0.1, -0.05) is 0 Å². The number of amides is 3. The Morgan fingerprint density at radius 3 is 1.96 bits per heavy atom. The quantitative estimate of drug-likeness (QED) is 0.894. The van der Waals surface area contributed by atoms with Gasteiger partial charge in [0.25, 0.3) is 11.8 Å². The summed E-state index contributed by atoms with van der Waals surface area (Å²) in [6.07, 6.45) is -0.339. The molecule has 0 aliphatic carbocycles. The minimum absolute atomic E-state index is 0.101. The van der Waals surface area contributed by atoms with Gasteiger partial charge < -0.3 is 19.9 Å². The first-order valence-corrected chi connectivity index (χ1v) is 8.85. The molecule has 2 rings (SSSR count). The molecule has 0 unspecified atom stereocenters. The molecular weight excluding hydrogens is 334 g/mol. The molecule has 1 aliphatic rings. The Kier molecular flexibility index (Phi) is 6.23. The first kappa shape index (κ1) is 19.8. The fourth-order valence-electron chi connectivity index (χ4n) is 2.67. The van der Waals surface area contributed by atoms with Gasteiger partial charge in [0.05, 0.1) is 6.61 Å². The molecule has 1 heterocycles. The van der Waals surface area contributed by atoms with E-state index in [1.165, 1.54) is 0 Å². The van der Waals surface area contributed by atoms with Crippen LogP contribution < -0.4 is 5.32 Å². The molecule has 1 aliphatic heterocycles. The minimum Gasteiger partial charge on any atom is -0.450 e. The molecule has 26 heavy (non-hydrogen) atoms. The highest BCUT2D eigenvalue weighted by Gasteiger charge is 2.25. The van der Waals surface area contributed by atoms with Crippen molar-refractivity contribution in [3.8, 4) is 0 Å². The summed E-state index contributed by atoms with van der Waals surface area (Å²) in [5.41, 5.74) is 0.731. The molecule has 1 fully saturated rings. The van der Waals surface area contributed by atoms with Crippen LogP contribution >= 0.6 is 0 Å². The third-order valence-electron chi connectivity index (χ3n) is 3.98. The zero-order valence-corrected chi connectivity index (χ0v) is 15.9. The highest BCUT2D eigenvalue weighted by Crippen LogP contribution is 2.12. The summed E-state index contributed by atoms with van der Waals surface area (Å²) < 4.78 is 4.98. The summed E-state index contributed by atoms with van der Waals surface area (Å²) in [5.74, 6) is -0.268. The van der Waals surface area contributed by atoms with Crippen LogP contribution in [-0.4, -0.2) is 66.0 Å². The number of carbonyl (C=O) groups is 3. The summed E-state index contributed by atoms with van der Waals surface area (Å²) in [4.78, 5) is 39.8. The standard InChI is InChI=1S/C19H27N3O4/c1-5-26-18(25)22-12-10-21(11-13-22)17(24)15-8-6-14(7-9-15)16(23)20-19(2,3)4/h6-9H,5,10-13H2,1-4H3,(H,20,23). The summed E-state index contributed by atoms with van der Waals surface area (Å²) in [7, 11) is 0. The number of piperazine rings is 1. The summed E-state index contributed by atoms with van der Waals surface area (Å²) >= 11 is 0. The van der Waals surface area contributed by atoms with Crippen LogP contribution in [0.25, 0.3) is 0 Å². The molecule has 3 amide bonds. The van der Waals surface area contributed by atoms with E-state index in [0.29, 0.717) is 43.9 Å². The first-order valence-electron chi connectivity index (χ1n) is 8.85. The molecule has 1 N–H and O–H groups in total. The van der Waals surface area contributed by atoms with Crippen molar-refractivity contribution in [1.82, 2.24) is 15.1 Å². The fourth-order valence-corrected chi connectivity index (χ4v) is 2.67. The average molecular weight is 361 g/mol. The van der Waals surface area contributed by atoms with Crippen molar-refractivity contribution >= 4 is 17.9 Å². The molecule has 1 aromatic carbocycles.